The minimum Gasteiger partial charge on any atom is -0.381 e. The molecule has 1 aromatic rings. The number of fused-ring (bicyclic) bond motifs is 2. The molecule has 0 unspecified atom stereocenters. The number of piperidine rings is 1. The van der Waals surface area contributed by atoms with Crippen LogP contribution >= 0.6 is 23.2 Å². The average Bonchev–Trinajstić information content (AvgIpc) is 3.31. The lowest BCUT2D eigenvalue weighted by Crippen LogP contribution is -2.47. The fourth-order valence-corrected chi connectivity index (χ4v) is 4.89. The molecule has 3 aliphatic rings. The lowest BCUT2D eigenvalue weighted by atomic mass is 9.76. The molecule has 2 bridgehead atoms. The Labute approximate surface area is 149 Å². The van der Waals surface area contributed by atoms with Gasteiger partial charge in [0, 0.05) is 24.6 Å². The van der Waals surface area contributed by atoms with Gasteiger partial charge < -0.3 is 9.64 Å². The van der Waals surface area contributed by atoms with Gasteiger partial charge in [-0.3, -0.25) is 0 Å². The summed E-state index contributed by atoms with van der Waals surface area (Å²) < 4.78 is 6.12. The molecule has 0 spiro atoms. The molecule has 0 radical (unpaired) electrons. The average molecular weight is 354 g/mol. The van der Waals surface area contributed by atoms with Crippen molar-refractivity contribution < 1.29 is 4.74 Å². The maximum absolute atomic E-state index is 6.28. The van der Waals surface area contributed by atoms with E-state index in [9.17, 15) is 0 Å². The Bertz CT molecular complexity index is 574. The van der Waals surface area contributed by atoms with E-state index in [2.05, 4.69) is 24.1 Å². The highest BCUT2D eigenvalue weighted by atomic mass is 35.5. The molecule has 0 N–H and O–H groups in total. The van der Waals surface area contributed by atoms with E-state index in [1.807, 2.05) is 6.07 Å². The van der Waals surface area contributed by atoms with E-state index in [1.54, 1.807) is 0 Å². The zero-order valence-corrected chi connectivity index (χ0v) is 15.2. The van der Waals surface area contributed by atoms with Gasteiger partial charge in [-0.05, 0) is 68.7 Å². The van der Waals surface area contributed by atoms with Gasteiger partial charge in [0.2, 0.25) is 0 Å². The summed E-state index contributed by atoms with van der Waals surface area (Å²) >= 11 is 12.4. The first-order valence-corrected chi connectivity index (χ1v) is 9.63. The van der Waals surface area contributed by atoms with Crippen LogP contribution in [0.4, 0.5) is 0 Å². The van der Waals surface area contributed by atoms with Gasteiger partial charge in [0.05, 0.1) is 16.7 Å². The van der Waals surface area contributed by atoms with Crippen molar-refractivity contribution in [1.82, 2.24) is 4.90 Å². The van der Waals surface area contributed by atoms with E-state index in [0.29, 0.717) is 34.0 Å². The zero-order chi connectivity index (χ0) is 16.0. The first kappa shape index (κ1) is 16.2. The summed E-state index contributed by atoms with van der Waals surface area (Å²) in [5.41, 5.74) is 1.34. The van der Waals surface area contributed by atoms with Crippen molar-refractivity contribution in [2.45, 2.75) is 50.1 Å². The molecule has 2 nitrogen and oxygen atoms in total. The lowest BCUT2D eigenvalue weighted by molar-refractivity contribution is 0.0176. The molecule has 1 aliphatic carbocycles. The van der Waals surface area contributed by atoms with Crippen LogP contribution in [0.1, 0.15) is 43.6 Å². The van der Waals surface area contributed by atoms with Gasteiger partial charge in [0.1, 0.15) is 0 Å². The van der Waals surface area contributed by atoms with Crippen LogP contribution < -0.4 is 0 Å². The summed E-state index contributed by atoms with van der Waals surface area (Å²) in [6.07, 6.45) is 6.54. The first-order valence-electron chi connectivity index (χ1n) is 8.88. The Hall–Kier alpha value is -0.280. The quantitative estimate of drug-likeness (QED) is 0.739. The minimum atomic E-state index is 0.540. The van der Waals surface area contributed by atoms with Gasteiger partial charge in [-0.2, -0.15) is 0 Å². The molecule has 23 heavy (non-hydrogen) atoms. The van der Waals surface area contributed by atoms with Crippen LogP contribution in [0.25, 0.3) is 0 Å². The van der Waals surface area contributed by atoms with Crippen molar-refractivity contribution in [2.24, 2.45) is 11.8 Å². The number of hydrogen-bond donors (Lipinski definition) is 0. The zero-order valence-electron chi connectivity index (χ0n) is 13.7. The highest BCUT2D eigenvalue weighted by molar-refractivity contribution is 6.42. The summed E-state index contributed by atoms with van der Waals surface area (Å²) in [4.78, 5) is 2.60. The van der Waals surface area contributed by atoms with Crippen molar-refractivity contribution >= 4 is 23.2 Å². The summed E-state index contributed by atoms with van der Waals surface area (Å²) in [6, 6.07) is 7.54. The Morgan fingerprint density at radius 2 is 1.91 bits per heavy atom. The normalized spacial score (nSPS) is 34.0. The summed E-state index contributed by atoms with van der Waals surface area (Å²) in [5, 5.41) is 1.32. The third kappa shape index (κ3) is 3.28. The van der Waals surface area contributed by atoms with Crippen molar-refractivity contribution in [3.63, 3.8) is 0 Å². The molecule has 0 aromatic heterocycles. The molecule has 0 amide bonds. The third-order valence-corrected chi connectivity index (χ3v) is 6.90. The number of benzene rings is 1. The molecule has 4 atom stereocenters. The van der Waals surface area contributed by atoms with E-state index in [-0.39, 0.29) is 0 Å². The van der Waals surface area contributed by atoms with Crippen molar-refractivity contribution in [3.05, 3.63) is 33.8 Å². The van der Waals surface area contributed by atoms with Crippen molar-refractivity contribution in [3.8, 4) is 0 Å². The first-order chi connectivity index (χ1) is 11.1. The predicted molar refractivity (Wildman–Crippen MR) is 95.4 cm³/mol. The van der Waals surface area contributed by atoms with Crippen LogP contribution in [-0.4, -0.2) is 37.2 Å². The molecule has 2 saturated heterocycles. The molecule has 1 saturated carbocycles. The van der Waals surface area contributed by atoms with E-state index in [4.69, 9.17) is 27.9 Å². The van der Waals surface area contributed by atoms with Crippen molar-refractivity contribution in [1.29, 1.82) is 0 Å². The molecular formula is C19H25Cl2NO. The van der Waals surface area contributed by atoms with Crippen LogP contribution in [0, 0.1) is 11.8 Å². The largest absolute Gasteiger partial charge is 0.381 e. The highest BCUT2D eigenvalue weighted by Gasteiger charge is 2.46. The predicted octanol–water partition coefficient (Wildman–Crippen LogP) is 4.99. The van der Waals surface area contributed by atoms with Crippen LogP contribution in [0.5, 0.6) is 0 Å². The number of rotatable bonds is 5. The number of hydrogen-bond acceptors (Lipinski definition) is 2. The van der Waals surface area contributed by atoms with E-state index in [1.165, 1.54) is 37.7 Å². The summed E-state index contributed by atoms with van der Waals surface area (Å²) in [6.45, 7) is 1.83. The van der Waals surface area contributed by atoms with Crippen LogP contribution in [0.3, 0.4) is 0 Å². The standard InChI is InChI=1S/C19H25Cl2NO/c1-22-14-5-7-19(22)16(11-23-10-12-2-3-12)15(9-14)13-4-6-17(20)18(21)8-13/h4,6,8,12,14-16,19H,2-3,5,7,9-11H2,1H3/t14-,15+,16+,19+/m1/s1. The second kappa shape index (κ2) is 6.55. The maximum Gasteiger partial charge on any atom is 0.0595 e. The van der Waals surface area contributed by atoms with E-state index < -0.39 is 0 Å². The molecule has 2 heterocycles. The SMILES string of the molecule is CN1[C@@H]2CC[C@H]1[C@@H](COCC1CC1)[C@H](c1ccc(Cl)c(Cl)c1)C2. The molecule has 3 fully saturated rings. The molecule has 2 aliphatic heterocycles. The minimum absolute atomic E-state index is 0.540. The fraction of sp³-hybridized carbons (Fsp3) is 0.684. The Kier molecular flexibility index (Phi) is 4.62. The second-order valence-electron chi connectivity index (χ2n) is 7.62. The third-order valence-electron chi connectivity index (χ3n) is 6.16. The van der Waals surface area contributed by atoms with Gasteiger partial charge in [-0.1, -0.05) is 29.3 Å². The monoisotopic (exact) mass is 353 g/mol. The van der Waals surface area contributed by atoms with E-state index in [0.717, 1.165) is 19.1 Å². The lowest BCUT2D eigenvalue weighted by Gasteiger charge is -2.43. The fourth-order valence-electron chi connectivity index (χ4n) is 4.59. The summed E-state index contributed by atoms with van der Waals surface area (Å²) in [5.74, 6) is 1.93. The maximum atomic E-state index is 6.28. The van der Waals surface area contributed by atoms with Gasteiger partial charge in [0.15, 0.2) is 0 Å². The Morgan fingerprint density at radius 3 is 2.65 bits per heavy atom. The van der Waals surface area contributed by atoms with Gasteiger partial charge >= 0.3 is 0 Å². The molecule has 1 aromatic carbocycles. The van der Waals surface area contributed by atoms with Gasteiger partial charge in [-0.25, -0.2) is 0 Å². The summed E-state index contributed by atoms with van der Waals surface area (Å²) in [7, 11) is 2.29. The van der Waals surface area contributed by atoms with Crippen LogP contribution in [-0.2, 0) is 4.74 Å². The molecular weight excluding hydrogens is 329 g/mol. The smallest absolute Gasteiger partial charge is 0.0595 e. The second-order valence-corrected chi connectivity index (χ2v) is 8.44. The number of ether oxygens (including phenoxy) is 1. The number of nitrogens with zero attached hydrogens (tertiary/aromatic N) is 1. The molecule has 4 heteroatoms. The van der Waals surface area contributed by atoms with Gasteiger partial charge in [0.25, 0.3) is 0 Å². The Morgan fingerprint density at radius 1 is 1.09 bits per heavy atom. The van der Waals surface area contributed by atoms with Crippen molar-refractivity contribution in [2.75, 3.05) is 20.3 Å². The molecule has 126 valence electrons. The Balaban J connectivity index is 1.55. The van der Waals surface area contributed by atoms with Crippen LogP contribution in [0.2, 0.25) is 10.0 Å². The van der Waals surface area contributed by atoms with E-state index >= 15 is 0 Å². The van der Waals surface area contributed by atoms with Crippen LogP contribution in [0.15, 0.2) is 18.2 Å². The topological polar surface area (TPSA) is 12.5 Å². The van der Waals surface area contributed by atoms with Gasteiger partial charge in [-0.15, -0.1) is 0 Å². The highest BCUT2D eigenvalue weighted by Crippen LogP contribution is 2.47. The number of halogens is 2. The molecule has 4 rings (SSSR count).